The Morgan fingerprint density at radius 3 is 2.63 bits per heavy atom. The minimum Gasteiger partial charge on any atom is -0.322 e. The Morgan fingerprint density at radius 2 is 1.89 bits per heavy atom. The van der Waals surface area contributed by atoms with Crippen LogP contribution in [-0.4, -0.2) is 23.3 Å². The van der Waals surface area contributed by atoms with Crippen LogP contribution in [0.25, 0.3) is 0 Å². The van der Waals surface area contributed by atoms with E-state index in [4.69, 9.17) is 11.6 Å². The maximum absolute atomic E-state index is 12.7. The Bertz CT molecular complexity index is 972. The van der Waals surface area contributed by atoms with Crippen LogP contribution in [-0.2, 0) is 17.6 Å². The number of nitrogens with zero attached hydrogens (tertiary/aromatic N) is 2. The van der Waals surface area contributed by atoms with Crippen molar-refractivity contribution in [2.24, 2.45) is 0 Å². The van der Waals surface area contributed by atoms with Crippen LogP contribution in [0.1, 0.15) is 34.3 Å². The molecule has 2 aromatic rings. The van der Waals surface area contributed by atoms with E-state index in [1.807, 2.05) is 17.0 Å². The van der Waals surface area contributed by atoms with Gasteiger partial charge in [-0.3, -0.25) is 19.7 Å². The first kappa shape index (κ1) is 17.5. The quantitative estimate of drug-likeness (QED) is 0.643. The molecule has 8 heteroatoms. The Kier molecular flexibility index (Phi) is 4.31. The third-order valence-electron chi connectivity index (χ3n) is 4.93. The summed E-state index contributed by atoms with van der Waals surface area (Å²) < 4.78 is 0. The fourth-order valence-electron chi connectivity index (χ4n) is 3.77. The summed E-state index contributed by atoms with van der Waals surface area (Å²) in [4.78, 5) is 37.2. The van der Waals surface area contributed by atoms with Crippen molar-refractivity contribution in [1.29, 1.82) is 0 Å². The molecule has 2 amide bonds. The topological polar surface area (TPSA) is 92.6 Å². The van der Waals surface area contributed by atoms with Gasteiger partial charge in [-0.1, -0.05) is 11.6 Å². The average molecular weight is 386 g/mol. The monoisotopic (exact) mass is 385 g/mol. The molecule has 0 unspecified atom stereocenters. The van der Waals surface area contributed by atoms with Crippen LogP contribution in [0.3, 0.4) is 0 Å². The minimum atomic E-state index is -0.606. The zero-order valence-corrected chi connectivity index (χ0v) is 15.1. The predicted octanol–water partition coefficient (Wildman–Crippen LogP) is 3.73. The molecule has 0 atom stereocenters. The largest absolute Gasteiger partial charge is 0.322 e. The van der Waals surface area contributed by atoms with Crippen LogP contribution >= 0.6 is 11.6 Å². The fourth-order valence-corrected chi connectivity index (χ4v) is 3.95. The summed E-state index contributed by atoms with van der Waals surface area (Å²) in [5.41, 5.74) is 3.18. The van der Waals surface area contributed by atoms with Gasteiger partial charge in [-0.05, 0) is 54.7 Å². The van der Waals surface area contributed by atoms with Crippen molar-refractivity contribution in [3.05, 3.63) is 62.2 Å². The van der Waals surface area contributed by atoms with E-state index < -0.39 is 10.8 Å². The summed E-state index contributed by atoms with van der Waals surface area (Å²) in [6, 6.07) is 7.58. The average Bonchev–Trinajstić information content (AvgIpc) is 2.64. The van der Waals surface area contributed by atoms with E-state index in [9.17, 15) is 19.7 Å². The Balaban J connectivity index is 1.69. The van der Waals surface area contributed by atoms with Gasteiger partial charge in [0.25, 0.3) is 11.6 Å². The molecule has 0 aliphatic carbocycles. The molecule has 7 nitrogen and oxygen atoms in total. The van der Waals surface area contributed by atoms with Gasteiger partial charge in [0.2, 0.25) is 5.91 Å². The number of nitro groups is 1. The highest BCUT2D eigenvalue weighted by molar-refractivity contribution is 6.31. The van der Waals surface area contributed by atoms with E-state index in [-0.39, 0.29) is 22.2 Å². The number of nitrogens with one attached hydrogen (secondary N) is 1. The van der Waals surface area contributed by atoms with Crippen LogP contribution in [0.2, 0.25) is 5.02 Å². The summed E-state index contributed by atoms with van der Waals surface area (Å²) in [6.07, 6.45) is 2.77. The first-order chi connectivity index (χ1) is 12.9. The van der Waals surface area contributed by atoms with Crippen LogP contribution in [0.15, 0.2) is 30.3 Å². The van der Waals surface area contributed by atoms with Crippen molar-refractivity contribution in [2.45, 2.75) is 25.7 Å². The van der Waals surface area contributed by atoms with E-state index in [0.29, 0.717) is 18.5 Å². The number of halogens is 1. The van der Waals surface area contributed by atoms with Gasteiger partial charge in [0, 0.05) is 29.7 Å². The molecule has 2 aliphatic rings. The molecule has 2 heterocycles. The molecule has 1 N–H and O–H groups in total. The highest BCUT2D eigenvalue weighted by Crippen LogP contribution is 2.38. The van der Waals surface area contributed by atoms with Gasteiger partial charge < -0.3 is 10.2 Å². The number of nitro benzene ring substituents is 1. The van der Waals surface area contributed by atoms with E-state index in [1.165, 1.54) is 18.2 Å². The molecule has 0 saturated heterocycles. The molecule has 0 fully saturated rings. The van der Waals surface area contributed by atoms with Crippen molar-refractivity contribution in [2.75, 3.05) is 16.8 Å². The van der Waals surface area contributed by atoms with Crippen molar-refractivity contribution in [1.82, 2.24) is 0 Å². The smallest absolute Gasteiger partial charge is 0.282 e. The van der Waals surface area contributed by atoms with E-state index in [0.717, 1.165) is 36.2 Å². The normalized spacial score (nSPS) is 15.3. The van der Waals surface area contributed by atoms with Gasteiger partial charge in [-0.2, -0.15) is 0 Å². The van der Waals surface area contributed by atoms with Crippen LogP contribution in [0, 0.1) is 10.1 Å². The minimum absolute atomic E-state index is 0.0873. The molecule has 138 valence electrons. The number of hydrogen-bond donors (Lipinski definition) is 1. The molecule has 0 bridgehead atoms. The second-order valence-electron chi connectivity index (χ2n) is 6.66. The van der Waals surface area contributed by atoms with Crippen LogP contribution < -0.4 is 10.2 Å². The van der Waals surface area contributed by atoms with E-state index in [2.05, 4.69) is 5.32 Å². The third-order valence-corrected chi connectivity index (χ3v) is 5.17. The molecule has 4 rings (SSSR count). The summed E-state index contributed by atoms with van der Waals surface area (Å²) in [5, 5.41) is 14.2. The van der Waals surface area contributed by atoms with Crippen LogP contribution in [0.5, 0.6) is 0 Å². The molecule has 2 aromatic carbocycles. The standard InChI is InChI=1S/C19H16ClN3O4/c20-13-4-5-16(23(26)27)15(10-13)19(25)21-14-8-11-2-1-7-22-17(24)6-3-12(9-14)18(11)22/h4-5,8-10H,1-3,6-7H2,(H,21,25). The SMILES string of the molecule is O=C(Nc1cc2c3c(c1)CCC(=O)N3CCC2)c1cc(Cl)ccc1[N+](=O)[O-]. The zero-order chi connectivity index (χ0) is 19.1. The second kappa shape index (κ2) is 6.66. The molecule has 0 radical (unpaired) electrons. The number of hydrogen-bond acceptors (Lipinski definition) is 4. The Morgan fingerprint density at radius 1 is 1.15 bits per heavy atom. The molecule has 2 aliphatic heterocycles. The van der Waals surface area contributed by atoms with Gasteiger partial charge in [-0.15, -0.1) is 0 Å². The van der Waals surface area contributed by atoms with E-state index in [1.54, 1.807) is 0 Å². The number of rotatable bonds is 3. The third kappa shape index (κ3) is 3.14. The lowest BCUT2D eigenvalue weighted by atomic mass is 9.91. The van der Waals surface area contributed by atoms with Crippen LogP contribution in [0.4, 0.5) is 17.1 Å². The molecular formula is C19H16ClN3O4. The summed E-state index contributed by atoms with van der Waals surface area (Å²) in [5.74, 6) is -0.453. The highest BCUT2D eigenvalue weighted by atomic mass is 35.5. The summed E-state index contributed by atoms with van der Waals surface area (Å²) >= 11 is 5.91. The lowest BCUT2D eigenvalue weighted by Gasteiger charge is -2.35. The van der Waals surface area contributed by atoms with Gasteiger partial charge in [0.15, 0.2) is 0 Å². The van der Waals surface area contributed by atoms with Crippen molar-refractivity contribution >= 4 is 40.5 Å². The van der Waals surface area contributed by atoms with Crippen molar-refractivity contribution in [3.63, 3.8) is 0 Å². The number of anilines is 2. The Hall–Kier alpha value is -2.93. The number of carbonyl (C=O) groups excluding carboxylic acids is 2. The maximum Gasteiger partial charge on any atom is 0.282 e. The molecule has 27 heavy (non-hydrogen) atoms. The number of amides is 2. The maximum atomic E-state index is 12.7. The van der Waals surface area contributed by atoms with Gasteiger partial charge >= 0.3 is 0 Å². The molecular weight excluding hydrogens is 370 g/mol. The predicted molar refractivity (Wildman–Crippen MR) is 101 cm³/mol. The first-order valence-corrected chi connectivity index (χ1v) is 9.03. The molecule has 0 spiro atoms. The lowest BCUT2D eigenvalue weighted by molar-refractivity contribution is -0.385. The van der Waals surface area contributed by atoms with Crippen molar-refractivity contribution < 1.29 is 14.5 Å². The van der Waals surface area contributed by atoms with Gasteiger partial charge in [0.05, 0.1) is 10.6 Å². The first-order valence-electron chi connectivity index (χ1n) is 8.65. The number of aryl methyl sites for hydroxylation is 2. The van der Waals surface area contributed by atoms with Gasteiger partial charge in [0.1, 0.15) is 5.56 Å². The van der Waals surface area contributed by atoms with Crippen molar-refractivity contribution in [3.8, 4) is 0 Å². The number of carbonyl (C=O) groups is 2. The summed E-state index contributed by atoms with van der Waals surface area (Å²) in [6.45, 7) is 0.721. The lowest BCUT2D eigenvalue weighted by Crippen LogP contribution is -2.39. The Labute approximate surface area is 160 Å². The molecule has 0 saturated carbocycles. The summed E-state index contributed by atoms with van der Waals surface area (Å²) in [7, 11) is 0. The highest BCUT2D eigenvalue weighted by Gasteiger charge is 2.30. The van der Waals surface area contributed by atoms with E-state index >= 15 is 0 Å². The zero-order valence-electron chi connectivity index (χ0n) is 14.3. The van der Waals surface area contributed by atoms with Gasteiger partial charge in [-0.25, -0.2) is 0 Å². The second-order valence-corrected chi connectivity index (χ2v) is 7.10. The number of benzene rings is 2. The fraction of sp³-hybridized carbons (Fsp3) is 0.263. The molecule has 0 aromatic heterocycles.